The molecule has 0 aromatic heterocycles. The first-order chi connectivity index (χ1) is 9.06. The summed E-state index contributed by atoms with van der Waals surface area (Å²) in [6, 6.07) is 3.72. The Bertz CT molecular complexity index is 535. The minimum atomic E-state index is -1.07. The molecule has 1 fully saturated rings. The van der Waals surface area contributed by atoms with Gasteiger partial charge in [-0.05, 0) is 35.0 Å². The van der Waals surface area contributed by atoms with Crippen molar-refractivity contribution in [3.05, 3.63) is 22.2 Å². The lowest BCUT2D eigenvalue weighted by Crippen LogP contribution is -2.41. The molecule has 6 heteroatoms. The number of hydrogen-bond donors (Lipinski definition) is 2. The smallest absolute Gasteiger partial charge is 0.257 e. The molecule has 2 aliphatic rings. The van der Waals surface area contributed by atoms with E-state index in [4.69, 9.17) is 4.74 Å². The number of hydrogen-bond acceptors (Lipinski definition) is 4. The second-order valence-corrected chi connectivity index (χ2v) is 5.76. The average molecular weight is 327 g/mol. The predicted molar refractivity (Wildman–Crippen MR) is 75.4 cm³/mol. The van der Waals surface area contributed by atoms with Crippen LogP contribution in [0.1, 0.15) is 18.6 Å². The zero-order valence-electron chi connectivity index (χ0n) is 10.5. The number of carbonyl (C=O) groups excluding carboxylic acids is 1. The van der Waals surface area contributed by atoms with Gasteiger partial charge in [0.15, 0.2) is 6.10 Å². The first-order valence-electron chi connectivity index (χ1n) is 6.25. The highest BCUT2D eigenvalue weighted by Crippen LogP contribution is 2.39. The molecule has 2 heterocycles. The van der Waals surface area contributed by atoms with E-state index in [1.165, 1.54) is 0 Å². The second kappa shape index (κ2) is 4.77. The maximum absolute atomic E-state index is 11.5. The number of aliphatic hydroxyl groups excluding tert-OH is 1. The van der Waals surface area contributed by atoms with Crippen LogP contribution in [0.25, 0.3) is 0 Å². The number of ether oxygens (including phenoxy) is 1. The number of anilines is 2. The fourth-order valence-corrected chi connectivity index (χ4v) is 3.15. The normalized spacial score (nSPS) is 26.3. The SMILES string of the molecule is CC1CN(c2cc3c(cc2Br)C(O)C(=O)N3)CCO1. The highest BCUT2D eigenvalue weighted by atomic mass is 79.9. The third-order valence-electron chi connectivity index (χ3n) is 3.50. The highest BCUT2D eigenvalue weighted by Gasteiger charge is 2.30. The van der Waals surface area contributed by atoms with E-state index < -0.39 is 6.10 Å². The Morgan fingerprint density at radius 3 is 3.05 bits per heavy atom. The molecular weight excluding hydrogens is 312 g/mol. The quantitative estimate of drug-likeness (QED) is 0.824. The fourth-order valence-electron chi connectivity index (χ4n) is 2.53. The summed E-state index contributed by atoms with van der Waals surface area (Å²) in [7, 11) is 0. The van der Waals surface area contributed by atoms with E-state index in [2.05, 4.69) is 26.1 Å². The van der Waals surface area contributed by atoms with Gasteiger partial charge in [-0.2, -0.15) is 0 Å². The van der Waals surface area contributed by atoms with Crippen LogP contribution in [-0.4, -0.2) is 36.8 Å². The standard InChI is InChI=1S/C13H15BrN2O3/c1-7-6-16(2-3-19-7)11-5-10-8(4-9(11)14)12(17)13(18)15-10/h4-5,7,12,17H,2-3,6H2,1H3,(H,15,18). The number of aliphatic hydroxyl groups is 1. The lowest BCUT2D eigenvalue weighted by molar-refractivity contribution is -0.123. The summed E-state index contributed by atoms with van der Waals surface area (Å²) in [6.07, 6.45) is -0.877. The van der Waals surface area contributed by atoms with Crippen LogP contribution in [0.3, 0.4) is 0 Å². The Morgan fingerprint density at radius 1 is 1.53 bits per heavy atom. The highest BCUT2D eigenvalue weighted by molar-refractivity contribution is 9.10. The molecule has 0 saturated carbocycles. The van der Waals surface area contributed by atoms with Crippen LogP contribution in [0.4, 0.5) is 11.4 Å². The molecule has 2 atom stereocenters. The van der Waals surface area contributed by atoms with Crippen molar-refractivity contribution in [1.82, 2.24) is 0 Å². The van der Waals surface area contributed by atoms with Crippen molar-refractivity contribution in [2.75, 3.05) is 29.9 Å². The molecule has 0 bridgehead atoms. The summed E-state index contributed by atoms with van der Waals surface area (Å²) in [5, 5.41) is 12.4. The van der Waals surface area contributed by atoms with Crippen LogP contribution in [0.5, 0.6) is 0 Å². The Balaban J connectivity index is 1.95. The van der Waals surface area contributed by atoms with Gasteiger partial charge < -0.3 is 20.1 Å². The van der Waals surface area contributed by atoms with Crippen molar-refractivity contribution < 1.29 is 14.6 Å². The zero-order chi connectivity index (χ0) is 13.6. The molecular formula is C13H15BrN2O3. The Morgan fingerprint density at radius 2 is 2.32 bits per heavy atom. The number of fused-ring (bicyclic) bond motifs is 1. The van der Waals surface area contributed by atoms with Gasteiger partial charge in [-0.15, -0.1) is 0 Å². The number of carbonyl (C=O) groups is 1. The number of amides is 1. The molecule has 5 nitrogen and oxygen atoms in total. The largest absolute Gasteiger partial charge is 0.378 e. The number of rotatable bonds is 1. The summed E-state index contributed by atoms with van der Waals surface area (Å²) in [5.41, 5.74) is 2.33. The van der Waals surface area contributed by atoms with Crippen molar-refractivity contribution in [3.8, 4) is 0 Å². The van der Waals surface area contributed by atoms with Crippen molar-refractivity contribution in [1.29, 1.82) is 0 Å². The van der Waals surface area contributed by atoms with E-state index in [1.807, 2.05) is 19.1 Å². The predicted octanol–water partition coefficient (Wildman–Crippen LogP) is 1.66. The molecule has 1 amide bonds. The first-order valence-corrected chi connectivity index (χ1v) is 7.04. The minimum Gasteiger partial charge on any atom is -0.378 e. The van der Waals surface area contributed by atoms with Gasteiger partial charge in [0, 0.05) is 28.8 Å². The summed E-state index contributed by atoms with van der Waals surface area (Å²) in [6.45, 7) is 4.37. The third kappa shape index (κ3) is 2.24. The molecule has 2 N–H and O–H groups in total. The van der Waals surface area contributed by atoms with E-state index in [0.29, 0.717) is 17.9 Å². The van der Waals surface area contributed by atoms with Crippen molar-refractivity contribution in [2.24, 2.45) is 0 Å². The molecule has 0 radical (unpaired) electrons. The van der Waals surface area contributed by atoms with E-state index in [1.54, 1.807) is 0 Å². The zero-order valence-corrected chi connectivity index (χ0v) is 12.1. The molecule has 0 spiro atoms. The summed E-state index contributed by atoms with van der Waals surface area (Å²) in [5.74, 6) is -0.366. The number of nitrogens with zero attached hydrogens (tertiary/aromatic N) is 1. The summed E-state index contributed by atoms with van der Waals surface area (Å²) < 4.78 is 6.41. The van der Waals surface area contributed by atoms with Gasteiger partial charge in [0.2, 0.25) is 0 Å². The van der Waals surface area contributed by atoms with Crippen LogP contribution in [0.15, 0.2) is 16.6 Å². The second-order valence-electron chi connectivity index (χ2n) is 4.91. The van der Waals surface area contributed by atoms with Crippen molar-refractivity contribution >= 4 is 33.2 Å². The van der Waals surface area contributed by atoms with Crippen molar-refractivity contribution in [3.63, 3.8) is 0 Å². The van der Waals surface area contributed by atoms with Gasteiger partial charge in [0.05, 0.1) is 18.4 Å². The van der Waals surface area contributed by atoms with Gasteiger partial charge in [-0.1, -0.05) is 0 Å². The van der Waals surface area contributed by atoms with Gasteiger partial charge in [0.25, 0.3) is 5.91 Å². The number of benzene rings is 1. The summed E-state index contributed by atoms with van der Waals surface area (Å²) >= 11 is 3.52. The third-order valence-corrected chi connectivity index (χ3v) is 4.14. The van der Waals surface area contributed by atoms with E-state index in [9.17, 15) is 9.90 Å². The van der Waals surface area contributed by atoms with Crippen LogP contribution in [-0.2, 0) is 9.53 Å². The van der Waals surface area contributed by atoms with Gasteiger partial charge in [-0.25, -0.2) is 0 Å². The van der Waals surface area contributed by atoms with Crippen LogP contribution in [0.2, 0.25) is 0 Å². The molecule has 1 saturated heterocycles. The molecule has 3 rings (SSSR count). The fraction of sp³-hybridized carbons (Fsp3) is 0.462. The van der Waals surface area contributed by atoms with Crippen molar-refractivity contribution in [2.45, 2.75) is 19.1 Å². The van der Waals surface area contributed by atoms with Gasteiger partial charge >= 0.3 is 0 Å². The van der Waals surface area contributed by atoms with E-state index in [-0.39, 0.29) is 12.0 Å². The Kier molecular flexibility index (Phi) is 3.24. The van der Waals surface area contributed by atoms with Gasteiger partial charge in [-0.3, -0.25) is 4.79 Å². The lowest BCUT2D eigenvalue weighted by Gasteiger charge is -2.33. The Hall–Kier alpha value is -1.11. The van der Waals surface area contributed by atoms with E-state index >= 15 is 0 Å². The number of morpholine rings is 1. The molecule has 1 aromatic carbocycles. The monoisotopic (exact) mass is 326 g/mol. The summed E-state index contributed by atoms with van der Waals surface area (Å²) in [4.78, 5) is 13.7. The molecule has 2 unspecified atom stereocenters. The van der Waals surface area contributed by atoms with Crippen LogP contribution in [0, 0.1) is 0 Å². The van der Waals surface area contributed by atoms with Crippen LogP contribution >= 0.6 is 15.9 Å². The number of nitrogens with one attached hydrogen (secondary N) is 1. The van der Waals surface area contributed by atoms with E-state index in [0.717, 1.165) is 23.2 Å². The average Bonchev–Trinajstić information content (AvgIpc) is 2.65. The lowest BCUT2D eigenvalue weighted by atomic mass is 10.1. The molecule has 19 heavy (non-hydrogen) atoms. The molecule has 0 aliphatic carbocycles. The number of halogens is 1. The van der Waals surface area contributed by atoms with Gasteiger partial charge in [0.1, 0.15) is 0 Å². The first kappa shape index (κ1) is 12.9. The molecule has 1 aromatic rings. The topological polar surface area (TPSA) is 61.8 Å². The van der Waals surface area contributed by atoms with Crippen LogP contribution < -0.4 is 10.2 Å². The minimum absolute atomic E-state index is 0.189. The maximum atomic E-state index is 11.5. The molecule has 2 aliphatic heterocycles. The maximum Gasteiger partial charge on any atom is 0.257 e. The Labute approximate surface area is 119 Å². The molecule has 102 valence electrons.